The molecule has 1 aromatic carbocycles. The van der Waals surface area contributed by atoms with Gasteiger partial charge in [0, 0.05) is 31.4 Å². The van der Waals surface area contributed by atoms with E-state index in [0.29, 0.717) is 11.9 Å². The zero-order valence-corrected chi connectivity index (χ0v) is 11.7. The second-order valence-corrected chi connectivity index (χ2v) is 5.21. The Hall–Kier alpha value is -2.61. The molecule has 1 fully saturated rings. The van der Waals surface area contributed by atoms with Crippen LogP contribution in [0.1, 0.15) is 6.42 Å². The fraction of sp³-hybridized carbons (Fsp3) is 0.312. The average molecular weight is 279 g/mol. The molecule has 1 aliphatic rings. The summed E-state index contributed by atoms with van der Waals surface area (Å²) in [5, 5.41) is 12.1. The van der Waals surface area contributed by atoms with E-state index in [0.717, 1.165) is 37.3 Å². The van der Waals surface area contributed by atoms with Gasteiger partial charge in [-0.15, -0.1) is 0 Å². The van der Waals surface area contributed by atoms with Gasteiger partial charge >= 0.3 is 0 Å². The van der Waals surface area contributed by atoms with Crippen LogP contribution >= 0.6 is 0 Å². The molecule has 1 aliphatic heterocycles. The highest BCUT2D eigenvalue weighted by Gasteiger charge is 2.21. The average Bonchev–Trinajstić information content (AvgIpc) is 3.02. The van der Waals surface area contributed by atoms with Crippen molar-refractivity contribution in [2.45, 2.75) is 6.42 Å². The molecule has 1 N–H and O–H groups in total. The lowest BCUT2D eigenvalue weighted by atomic mass is 10.1. The van der Waals surface area contributed by atoms with Crippen molar-refractivity contribution in [1.82, 2.24) is 14.9 Å². The highest BCUT2D eigenvalue weighted by atomic mass is 15.2. The zero-order chi connectivity index (χ0) is 14.5. The van der Waals surface area contributed by atoms with E-state index < -0.39 is 0 Å². The van der Waals surface area contributed by atoms with Crippen molar-refractivity contribution in [3.63, 3.8) is 0 Å². The van der Waals surface area contributed by atoms with Crippen LogP contribution in [-0.2, 0) is 0 Å². The first kappa shape index (κ1) is 13.4. The molecule has 1 aromatic heterocycles. The number of aromatic nitrogens is 2. The van der Waals surface area contributed by atoms with E-state index in [1.165, 1.54) is 0 Å². The van der Waals surface area contributed by atoms with Gasteiger partial charge < -0.3 is 10.2 Å². The molecule has 106 valence electrons. The number of hydrogen-bond donors (Lipinski definition) is 1. The lowest BCUT2D eigenvalue weighted by Crippen LogP contribution is -2.19. The number of benzene rings is 1. The summed E-state index contributed by atoms with van der Waals surface area (Å²) >= 11 is 0. The van der Waals surface area contributed by atoms with Gasteiger partial charge in [0.05, 0.1) is 5.69 Å². The van der Waals surface area contributed by atoms with Crippen LogP contribution in [0.3, 0.4) is 0 Å². The number of likely N-dealkylation sites (tertiary alicyclic amines) is 1. The number of hydrogen-bond acceptors (Lipinski definition) is 5. The fourth-order valence-electron chi connectivity index (χ4n) is 2.54. The molecule has 0 radical (unpaired) electrons. The van der Waals surface area contributed by atoms with Crippen LogP contribution in [0.25, 0.3) is 11.3 Å². The third kappa shape index (κ3) is 3.29. The molecule has 2 heterocycles. The minimum Gasteiger partial charge on any atom is -0.354 e. The van der Waals surface area contributed by atoms with Crippen molar-refractivity contribution in [1.29, 1.82) is 5.26 Å². The smallest absolute Gasteiger partial charge is 0.223 e. The lowest BCUT2D eigenvalue weighted by Gasteiger charge is -2.11. The van der Waals surface area contributed by atoms with Gasteiger partial charge in [0.1, 0.15) is 0 Å². The summed E-state index contributed by atoms with van der Waals surface area (Å²) in [5.41, 5.74) is 2.00. The molecule has 21 heavy (non-hydrogen) atoms. The van der Waals surface area contributed by atoms with Gasteiger partial charge in [-0.2, -0.15) is 5.26 Å². The molecule has 2 aromatic rings. The highest BCUT2D eigenvalue weighted by molar-refractivity contribution is 5.59. The van der Waals surface area contributed by atoms with Crippen LogP contribution in [0.4, 0.5) is 5.95 Å². The van der Waals surface area contributed by atoms with E-state index in [-0.39, 0.29) is 0 Å². The molecule has 0 aliphatic carbocycles. The summed E-state index contributed by atoms with van der Waals surface area (Å²) in [6.07, 6.45) is 5.01. The van der Waals surface area contributed by atoms with Crippen LogP contribution in [0.2, 0.25) is 0 Å². The molecule has 5 nitrogen and oxygen atoms in total. The molecule has 3 rings (SSSR count). The van der Waals surface area contributed by atoms with Crippen LogP contribution < -0.4 is 5.32 Å². The van der Waals surface area contributed by atoms with Crippen molar-refractivity contribution < 1.29 is 0 Å². The van der Waals surface area contributed by atoms with Gasteiger partial charge in [0.15, 0.2) is 6.19 Å². The Morgan fingerprint density at radius 3 is 2.90 bits per heavy atom. The van der Waals surface area contributed by atoms with E-state index in [2.05, 4.69) is 21.5 Å². The Labute approximate surface area is 124 Å². The normalized spacial score (nSPS) is 17.5. The minimum absolute atomic E-state index is 0.480. The van der Waals surface area contributed by atoms with Gasteiger partial charge in [0.2, 0.25) is 5.95 Å². The maximum absolute atomic E-state index is 8.86. The summed E-state index contributed by atoms with van der Waals surface area (Å²) in [5.74, 6) is 1.13. The molecule has 1 saturated heterocycles. The van der Waals surface area contributed by atoms with Crippen LogP contribution in [0.5, 0.6) is 0 Å². The summed E-state index contributed by atoms with van der Waals surface area (Å²) in [6, 6.07) is 12.0. The second-order valence-electron chi connectivity index (χ2n) is 5.21. The lowest BCUT2D eigenvalue weighted by molar-refractivity contribution is 0.460. The zero-order valence-electron chi connectivity index (χ0n) is 11.7. The molecule has 0 spiro atoms. The van der Waals surface area contributed by atoms with Crippen molar-refractivity contribution >= 4 is 5.95 Å². The number of anilines is 1. The number of nitrogens with zero attached hydrogens (tertiary/aromatic N) is 4. The topological polar surface area (TPSA) is 64.8 Å². The molecular formula is C16H17N5. The fourth-order valence-corrected chi connectivity index (χ4v) is 2.54. The van der Waals surface area contributed by atoms with Gasteiger partial charge in [-0.05, 0) is 18.4 Å². The quantitative estimate of drug-likeness (QED) is 0.870. The summed E-state index contributed by atoms with van der Waals surface area (Å²) in [6.45, 7) is 2.48. The predicted octanol–water partition coefficient (Wildman–Crippen LogP) is 2.36. The van der Waals surface area contributed by atoms with Crippen molar-refractivity contribution in [2.75, 3.05) is 25.0 Å². The third-order valence-corrected chi connectivity index (χ3v) is 3.70. The van der Waals surface area contributed by atoms with Gasteiger partial charge in [-0.25, -0.2) is 9.97 Å². The van der Waals surface area contributed by atoms with Crippen molar-refractivity contribution in [3.8, 4) is 17.5 Å². The van der Waals surface area contributed by atoms with Crippen molar-refractivity contribution in [3.05, 3.63) is 42.6 Å². The SMILES string of the molecule is N#CN1CCC(CNc2nccc(-c3ccccc3)n2)C1. The van der Waals surface area contributed by atoms with Gasteiger partial charge in [-0.1, -0.05) is 30.3 Å². The Kier molecular flexibility index (Phi) is 3.97. The minimum atomic E-state index is 0.480. The largest absolute Gasteiger partial charge is 0.354 e. The van der Waals surface area contributed by atoms with Gasteiger partial charge in [0.25, 0.3) is 0 Å². The first-order valence-corrected chi connectivity index (χ1v) is 7.12. The molecule has 0 bridgehead atoms. The molecule has 0 amide bonds. The summed E-state index contributed by atoms with van der Waals surface area (Å²) < 4.78 is 0. The first-order chi connectivity index (χ1) is 10.3. The Morgan fingerprint density at radius 1 is 1.29 bits per heavy atom. The van der Waals surface area contributed by atoms with E-state index in [1.807, 2.05) is 36.4 Å². The summed E-state index contributed by atoms with van der Waals surface area (Å²) in [7, 11) is 0. The molecule has 0 saturated carbocycles. The highest BCUT2D eigenvalue weighted by Crippen LogP contribution is 2.18. The van der Waals surface area contributed by atoms with Gasteiger partial charge in [-0.3, -0.25) is 0 Å². The summed E-state index contributed by atoms with van der Waals surface area (Å²) in [4.78, 5) is 10.6. The predicted molar refractivity (Wildman–Crippen MR) is 81.3 cm³/mol. The Bertz CT molecular complexity index is 635. The van der Waals surface area contributed by atoms with Crippen molar-refractivity contribution in [2.24, 2.45) is 5.92 Å². The molecule has 1 unspecified atom stereocenters. The Morgan fingerprint density at radius 2 is 2.14 bits per heavy atom. The Balaban J connectivity index is 1.63. The van der Waals surface area contributed by atoms with E-state index in [1.54, 1.807) is 11.1 Å². The molecule has 5 heteroatoms. The number of nitriles is 1. The van der Waals surface area contributed by atoms with Crippen LogP contribution in [-0.4, -0.2) is 34.5 Å². The van der Waals surface area contributed by atoms with E-state index in [9.17, 15) is 0 Å². The van der Waals surface area contributed by atoms with E-state index >= 15 is 0 Å². The maximum atomic E-state index is 8.86. The standard InChI is InChI=1S/C16H17N5/c17-12-21-9-7-13(11-21)10-19-16-18-8-6-15(20-16)14-4-2-1-3-5-14/h1-6,8,13H,7,9-11H2,(H,18,19,20). The van der Waals surface area contributed by atoms with Crippen LogP contribution in [0, 0.1) is 17.4 Å². The van der Waals surface area contributed by atoms with E-state index in [4.69, 9.17) is 5.26 Å². The first-order valence-electron chi connectivity index (χ1n) is 7.12. The maximum Gasteiger partial charge on any atom is 0.223 e. The molecule has 1 atom stereocenters. The molecular weight excluding hydrogens is 262 g/mol. The number of nitrogens with one attached hydrogen (secondary N) is 1. The second kappa shape index (κ2) is 6.23. The third-order valence-electron chi connectivity index (χ3n) is 3.70. The van der Waals surface area contributed by atoms with Crippen LogP contribution in [0.15, 0.2) is 42.6 Å². The number of rotatable bonds is 4. The monoisotopic (exact) mass is 279 g/mol.